The van der Waals surface area contributed by atoms with Crippen molar-refractivity contribution >= 4 is 33.5 Å². The fourth-order valence-electron chi connectivity index (χ4n) is 4.61. The topological polar surface area (TPSA) is 71.1 Å². The van der Waals surface area contributed by atoms with Gasteiger partial charge in [-0.25, -0.2) is 9.59 Å². The van der Waals surface area contributed by atoms with Crippen LogP contribution in [0.2, 0.25) is 0 Å². The third-order valence-electron chi connectivity index (χ3n) is 6.45. The highest BCUT2D eigenvalue weighted by Gasteiger charge is 2.23. The van der Waals surface area contributed by atoms with E-state index in [1.165, 1.54) is 0 Å². The average Bonchev–Trinajstić information content (AvgIpc) is 2.93. The fourth-order valence-corrected chi connectivity index (χ4v) is 4.61. The molecule has 40 heavy (non-hydrogen) atoms. The zero-order chi connectivity index (χ0) is 28.8. The van der Waals surface area contributed by atoms with Crippen LogP contribution < -0.4 is 9.47 Å². The Balaban J connectivity index is 1.84. The van der Waals surface area contributed by atoms with Crippen molar-refractivity contribution in [1.29, 1.82) is 0 Å². The summed E-state index contributed by atoms with van der Waals surface area (Å²) in [4.78, 5) is 23.8. The lowest BCUT2D eigenvalue weighted by atomic mass is 9.89. The highest BCUT2D eigenvalue weighted by Crippen LogP contribution is 2.48. The molecule has 0 aliphatic heterocycles. The van der Waals surface area contributed by atoms with Crippen LogP contribution in [0.25, 0.3) is 32.7 Å². The van der Waals surface area contributed by atoms with Crippen molar-refractivity contribution in [2.45, 2.75) is 27.7 Å². The normalized spacial score (nSPS) is 10.8. The molecule has 4 aromatic rings. The molecule has 0 aliphatic carbocycles. The number of hydrogen-bond donors (Lipinski definition) is 0. The molecular weight excluding hydrogens is 504 g/mol. The lowest BCUT2D eigenvalue weighted by Gasteiger charge is -2.22. The second kappa shape index (κ2) is 12.5. The number of ether oxygens (including phenoxy) is 4. The summed E-state index contributed by atoms with van der Waals surface area (Å²) in [6.45, 7) is 15.0. The molecule has 0 aliphatic rings. The van der Waals surface area contributed by atoms with E-state index in [0.717, 1.165) is 43.8 Å². The smallest absolute Gasteiger partial charge is 0.333 e. The van der Waals surface area contributed by atoms with E-state index in [4.69, 9.17) is 18.9 Å². The summed E-state index contributed by atoms with van der Waals surface area (Å²) in [6.07, 6.45) is 0. The van der Waals surface area contributed by atoms with Gasteiger partial charge in [0.2, 0.25) is 0 Å². The largest absolute Gasteiger partial charge is 0.489 e. The third kappa shape index (κ3) is 6.18. The van der Waals surface area contributed by atoms with Crippen molar-refractivity contribution in [1.82, 2.24) is 0 Å². The molecule has 0 amide bonds. The average molecular weight is 539 g/mol. The monoisotopic (exact) mass is 538 g/mol. The molecule has 0 atom stereocenters. The van der Waals surface area contributed by atoms with Crippen LogP contribution in [0.15, 0.2) is 85.0 Å². The van der Waals surface area contributed by atoms with Crippen LogP contribution in [-0.2, 0) is 19.1 Å². The van der Waals surface area contributed by atoms with E-state index in [-0.39, 0.29) is 26.4 Å². The quantitative estimate of drug-likeness (QED) is 0.114. The van der Waals surface area contributed by atoms with Gasteiger partial charge in [-0.05, 0) is 72.5 Å². The van der Waals surface area contributed by atoms with Crippen LogP contribution in [0, 0.1) is 13.8 Å². The van der Waals surface area contributed by atoms with E-state index in [9.17, 15) is 9.59 Å². The van der Waals surface area contributed by atoms with Gasteiger partial charge in [0.1, 0.15) is 37.9 Å². The van der Waals surface area contributed by atoms with Crippen LogP contribution in [0.5, 0.6) is 11.5 Å². The summed E-state index contributed by atoms with van der Waals surface area (Å²) in [7, 11) is 0. The molecule has 0 fully saturated rings. The van der Waals surface area contributed by atoms with Gasteiger partial charge in [-0.3, -0.25) is 0 Å². The molecule has 4 aromatic carbocycles. The van der Waals surface area contributed by atoms with Crippen LogP contribution in [-0.4, -0.2) is 38.4 Å². The first kappa shape index (κ1) is 28.4. The maximum atomic E-state index is 11.9. The second-order valence-electron chi connectivity index (χ2n) is 9.77. The van der Waals surface area contributed by atoms with Gasteiger partial charge in [0.15, 0.2) is 0 Å². The van der Waals surface area contributed by atoms with Gasteiger partial charge in [0.25, 0.3) is 0 Å². The van der Waals surface area contributed by atoms with E-state index in [0.29, 0.717) is 22.6 Å². The molecule has 0 N–H and O–H groups in total. The molecule has 0 saturated carbocycles. The zero-order valence-electron chi connectivity index (χ0n) is 23.5. The van der Waals surface area contributed by atoms with E-state index < -0.39 is 11.9 Å². The Kier molecular flexibility index (Phi) is 8.90. The molecule has 0 aromatic heterocycles. The minimum absolute atomic E-state index is 0.0867. The van der Waals surface area contributed by atoms with Crippen molar-refractivity contribution in [3.63, 3.8) is 0 Å². The molecule has 0 spiro atoms. The number of benzene rings is 4. The van der Waals surface area contributed by atoms with E-state index >= 15 is 0 Å². The van der Waals surface area contributed by atoms with Crippen LogP contribution >= 0.6 is 0 Å². The molecule has 0 unspecified atom stereocenters. The summed E-state index contributed by atoms with van der Waals surface area (Å²) in [5, 5.41) is 4.11. The summed E-state index contributed by atoms with van der Waals surface area (Å²) in [5.74, 6) is 0.456. The van der Waals surface area contributed by atoms with Crippen molar-refractivity contribution < 1.29 is 28.5 Å². The molecule has 6 nitrogen and oxygen atoms in total. The minimum Gasteiger partial charge on any atom is -0.489 e. The van der Waals surface area contributed by atoms with Gasteiger partial charge in [-0.15, -0.1) is 0 Å². The Hall–Kier alpha value is -4.58. The maximum absolute atomic E-state index is 11.9. The molecule has 0 heterocycles. The van der Waals surface area contributed by atoms with Crippen molar-refractivity contribution in [2.75, 3.05) is 26.4 Å². The molecule has 0 saturated heterocycles. The predicted molar refractivity (Wildman–Crippen MR) is 159 cm³/mol. The fraction of sp³-hybridized carbons (Fsp3) is 0.235. The van der Waals surface area contributed by atoms with Crippen LogP contribution in [0.1, 0.15) is 25.0 Å². The van der Waals surface area contributed by atoms with Gasteiger partial charge in [-0.1, -0.05) is 61.7 Å². The third-order valence-corrected chi connectivity index (χ3v) is 6.45. The first-order valence-electron chi connectivity index (χ1n) is 13.1. The summed E-state index contributed by atoms with van der Waals surface area (Å²) >= 11 is 0. The van der Waals surface area contributed by atoms with Crippen molar-refractivity contribution in [3.05, 3.63) is 96.1 Å². The van der Waals surface area contributed by atoms with Gasteiger partial charge >= 0.3 is 11.9 Å². The van der Waals surface area contributed by atoms with Crippen LogP contribution in [0.4, 0.5) is 0 Å². The number of carbonyl (C=O) groups excluding carboxylic acids is 2. The SMILES string of the molecule is C=C(C)C(=O)OCCOc1c(C)cc2ccccc2c1-c1c(OCCOC(=O)C(=C)C)c(C)cc2ccccc12. The highest BCUT2D eigenvalue weighted by atomic mass is 16.6. The van der Waals surface area contributed by atoms with E-state index in [1.807, 2.05) is 38.1 Å². The van der Waals surface area contributed by atoms with Gasteiger partial charge in [0, 0.05) is 22.3 Å². The Labute approximate surface area is 234 Å². The van der Waals surface area contributed by atoms with Crippen LogP contribution in [0.3, 0.4) is 0 Å². The van der Waals surface area contributed by atoms with Crippen molar-refractivity contribution in [3.8, 4) is 22.6 Å². The maximum Gasteiger partial charge on any atom is 0.333 e. The van der Waals surface area contributed by atoms with Crippen molar-refractivity contribution in [2.24, 2.45) is 0 Å². The van der Waals surface area contributed by atoms with Gasteiger partial charge in [0.05, 0.1) is 0 Å². The van der Waals surface area contributed by atoms with Gasteiger partial charge < -0.3 is 18.9 Å². The lowest BCUT2D eigenvalue weighted by molar-refractivity contribution is -0.140. The Morgan fingerprint density at radius 1 is 0.625 bits per heavy atom. The summed E-state index contributed by atoms with van der Waals surface area (Å²) in [5.41, 5.74) is 4.32. The number of aryl methyl sites for hydroxylation is 2. The first-order valence-corrected chi connectivity index (χ1v) is 13.1. The number of hydrogen-bond acceptors (Lipinski definition) is 6. The lowest BCUT2D eigenvalue weighted by Crippen LogP contribution is -2.14. The summed E-state index contributed by atoms with van der Waals surface area (Å²) in [6, 6.07) is 20.4. The second-order valence-corrected chi connectivity index (χ2v) is 9.77. The predicted octanol–water partition coefficient (Wildman–Crippen LogP) is 7.27. The van der Waals surface area contributed by atoms with Gasteiger partial charge in [-0.2, -0.15) is 0 Å². The number of esters is 2. The molecule has 6 heteroatoms. The Morgan fingerprint density at radius 3 is 1.38 bits per heavy atom. The molecular formula is C34H34O6. The Morgan fingerprint density at radius 2 is 1.00 bits per heavy atom. The molecule has 4 rings (SSSR count). The number of rotatable bonds is 11. The minimum atomic E-state index is -0.452. The highest BCUT2D eigenvalue weighted by molar-refractivity contribution is 6.10. The number of fused-ring (bicyclic) bond motifs is 2. The summed E-state index contributed by atoms with van der Waals surface area (Å²) < 4.78 is 23.2. The van der Waals surface area contributed by atoms with E-state index in [1.54, 1.807) is 13.8 Å². The van der Waals surface area contributed by atoms with E-state index in [2.05, 4.69) is 49.6 Å². The number of carbonyl (C=O) groups is 2. The first-order chi connectivity index (χ1) is 19.2. The standard InChI is InChI=1S/C34H34O6/c1-21(2)33(35)39-17-15-37-31-23(5)19-25-11-7-9-13-27(25)29(31)30-28-14-10-8-12-26(28)20-24(6)32(30)38-16-18-40-34(36)22(3)4/h7-14,19-20H,1,3,15-18H2,2,4-6H3. The molecule has 0 bridgehead atoms. The Bertz CT molecular complexity index is 1490. The molecule has 206 valence electrons. The zero-order valence-corrected chi connectivity index (χ0v) is 23.5. The molecule has 0 radical (unpaired) electrons.